The molecule has 0 aliphatic heterocycles. The summed E-state index contributed by atoms with van der Waals surface area (Å²) in [4.78, 5) is 26.2. The first-order valence-electron chi connectivity index (χ1n) is 8.91. The van der Waals surface area contributed by atoms with Gasteiger partial charge in [-0.1, -0.05) is 19.1 Å². The first-order chi connectivity index (χ1) is 12.8. The van der Waals surface area contributed by atoms with E-state index in [2.05, 4.69) is 0 Å². The second-order valence-corrected chi connectivity index (χ2v) is 7.20. The fraction of sp³-hybridized carbons (Fsp3) is 0.333. The Morgan fingerprint density at radius 1 is 1.04 bits per heavy atom. The van der Waals surface area contributed by atoms with E-state index in [0.717, 1.165) is 0 Å². The van der Waals surface area contributed by atoms with Crippen molar-refractivity contribution in [1.29, 1.82) is 0 Å². The van der Waals surface area contributed by atoms with E-state index in [-0.39, 0.29) is 45.9 Å². The summed E-state index contributed by atoms with van der Waals surface area (Å²) in [5.41, 5.74) is -0.407. The minimum Gasteiger partial charge on any atom is -0.507 e. The smallest absolute Gasteiger partial charge is 0.202 e. The number of aromatic hydroxyl groups is 2. The standard InChI is InChI=1S/C21H20O6/c1-3-21(26)8-7-10-12(9-21)19(24)15-16(17(10)22)20(25)14-11(18(15)23)5-4-6-13(14)27-2/h4-6,22,24,26H,3,7-9H2,1-2H3/t21-/m1/s1. The Morgan fingerprint density at radius 3 is 2.37 bits per heavy atom. The van der Waals surface area contributed by atoms with E-state index in [0.29, 0.717) is 30.4 Å². The van der Waals surface area contributed by atoms with Crippen LogP contribution in [0, 0.1) is 0 Å². The molecule has 140 valence electrons. The molecule has 6 nitrogen and oxygen atoms in total. The van der Waals surface area contributed by atoms with Crippen molar-refractivity contribution in [3.8, 4) is 17.2 Å². The molecule has 0 unspecified atom stereocenters. The van der Waals surface area contributed by atoms with Gasteiger partial charge in [0.15, 0.2) is 5.78 Å². The molecule has 2 aromatic rings. The number of hydrogen-bond donors (Lipinski definition) is 3. The van der Waals surface area contributed by atoms with Crippen LogP contribution in [0.15, 0.2) is 18.2 Å². The van der Waals surface area contributed by atoms with Gasteiger partial charge in [0, 0.05) is 23.1 Å². The third kappa shape index (κ3) is 2.29. The second-order valence-electron chi connectivity index (χ2n) is 7.20. The van der Waals surface area contributed by atoms with Crippen LogP contribution in [0.1, 0.15) is 62.7 Å². The molecular weight excluding hydrogens is 348 g/mol. The Balaban J connectivity index is 2.01. The number of ether oxygens (including phenoxy) is 1. The third-order valence-electron chi connectivity index (χ3n) is 5.84. The predicted molar refractivity (Wildman–Crippen MR) is 96.9 cm³/mol. The SMILES string of the molecule is CC[C@@]1(O)CCc2c(O)c3c(c(O)c2C1)C(=O)c1cccc(OC)c1C3=O. The topological polar surface area (TPSA) is 104 Å². The maximum atomic E-state index is 13.1. The van der Waals surface area contributed by atoms with Gasteiger partial charge in [0.1, 0.15) is 17.2 Å². The molecule has 0 radical (unpaired) electrons. The van der Waals surface area contributed by atoms with Crippen molar-refractivity contribution in [2.75, 3.05) is 7.11 Å². The van der Waals surface area contributed by atoms with Crippen LogP contribution in [0.5, 0.6) is 17.2 Å². The van der Waals surface area contributed by atoms with Gasteiger partial charge >= 0.3 is 0 Å². The summed E-state index contributed by atoms with van der Waals surface area (Å²) in [6.07, 6.45) is 1.32. The molecular formula is C21H20O6. The summed E-state index contributed by atoms with van der Waals surface area (Å²) in [5.74, 6) is -1.46. The number of aliphatic hydroxyl groups is 1. The van der Waals surface area contributed by atoms with Crippen LogP contribution in [0.25, 0.3) is 0 Å². The van der Waals surface area contributed by atoms with Crippen LogP contribution >= 0.6 is 0 Å². The number of carbonyl (C=O) groups is 2. The first kappa shape index (κ1) is 17.5. The predicted octanol–water partition coefficient (Wildman–Crippen LogP) is 2.51. The van der Waals surface area contributed by atoms with E-state index < -0.39 is 17.2 Å². The van der Waals surface area contributed by atoms with Gasteiger partial charge in [-0.3, -0.25) is 9.59 Å². The monoisotopic (exact) mass is 368 g/mol. The number of phenolic OH excluding ortho intramolecular Hbond substituents is 2. The molecule has 1 atom stereocenters. The lowest BCUT2D eigenvalue weighted by Gasteiger charge is -2.35. The maximum absolute atomic E-state index is 13.1. The zero-order chi connectivity index (χ0) is 19.5. The van der Waals surface area contributed by atoms with E-state index in [9.17, 15) is 24.9 Å². The highest BCUT2D eigenvalue weighted by Crippen LogP contribution is 2.48. The van der Waals surface area contributed by atoms with E-state index in [1.807, 2.05) is 6.92 Å². The molecule has 0 bridgehead atoms. The van der Waals surface area contributed by atoms with Gasteiger partial charge in [0.05, 0.1) is 29.4 Å². The van der Waals surface area contributed by atoms with Crippen LogP contribution in [0.3, 0.4) is 0 Å². The normalized spacial score (nSPS) is 20.7. The zero-order valence-corrected chi connectivity index (χ0v) is 15.1. The molecule has 0 aromatic heterocycles. The van der Waals surface area contributed by atoms with Gasteiger partial charge in [0.2, 0.25) is 5.78 Å². The molecule has 6 heteroatoms. The molecule has 0 saturated carbocycles. The number of phenols is 2. The number of ketones is 2. The van der Waals surface area contributed by atoms with E-state index in [1.165, 1.54) is 13.2 Å². The molecule has 0 heterocycles. The summed E-state index contributed by atoms with van der Waals surface area (Å²) in [7, 11) is 1.40. The fourth-order valence-corrected chi connectivity index (χ4v) is 4.19. The van der Waals surface area contributed by atoms with Crippen molar-refractivity contribution in [2.24, 2.45) is 0 Å². The van der Waals surface area contributed by atoms with Gasteiger partial charge < -0.3 is 20.1 Å². The Bertz CT molecular complexity index is 1010. The van der Waals surface area contributed by atoms with Gasteiger partial charge in [-0.15, -0.1) is 0 Å². The average molecular weight is 368 g/mol. The van der Waals surface area contributed by atoms with Crippen molar-refractivity contribution in [1.82, 2.24) is 0 Å². The number of fused-ring (bicyclic) bond motifs is 3. The van der Waals surface area contributed by atoms with Gasteiger partial charge in [-0.25, -0.2) is 0 Å². The molecule has 0 fully saturated rings. The molecule has 3 N–H and O–H groups in total. The number of carbonyl (C=O) groups excluding carboxylic acids is 2. The van der Waals surface area contributed by atoms with Gasteiger partial charge in [-0.05, 0) is 25.3 Å². The highest BCUT2D eigenvalue weighted by atomic mass is 16.5. The number of methoxy groups -OCH3 is 1. The van der Waals surface area contributed by atoms with Crippen molar-refractivity contribution in [2.45, 2.75) is 38.2 Å². The molecule has 0 spiro atoms. The lowest BCUT2D eigenvalue weighted by Crippen LogP contribution is -2.36. The summed E-state index contributed by atoms with van der Waals surface area (Å²) >= 11 is 0. The summed E-state index contributed by atoms with van der Waals surface area (Å²) in [6, 6.07) is 4.67. The zero-order valence-electron chi connectivity index (χ0n) is 15.1. The summed E-state index contributed by atoms with van der Waals surface area (Å²) in [5, 5.41) is 32.3. The molecule has 0 amide bonds. The lowest BCUT2D eigenvalue weighted by molar-refractivity contribution is 0.0216. The van der Waals surface area contributed by atoms with E-state index >= 15 is 0 Å². The largest absolute Gasteiger partial charge is 0.507 e. The van der Waals surface area contributed by atoms with E-state index in [4.69, 9.17) is 4.74 Å². The molecule has 4 rings (SSSR count). The van der Waals surface area contributed by atoms with Crippen molar-refractivity contribution in [3.63, 3.8) is 0 Å². The Kier molecular flexibility index (Phi) is 3.78. The van der Waals surface area contributed by atoms with Gasteiger partial charge in [-0.2, -0.15) is 0 Å². The lowest BCUT2D eigenvalue weighted by atomic mass is 9.73. The Morgan fingerprint density at radius 2 is 1.70 bits per heavy atom. The molecule has 2 aliphatic rings. The number of benzene rings is 2. The van der Waals surface area contributed by atoms with Gasteiger partial charge in [0.25, 0.3) is 0 Å². The van der Waals surface area contributed by atoms with E-state index in [1.54, 1.807) is 12.1 Å². The Labute approximate surface area is 156 Å². The van der Waals surface area contributed by atoms with Crippen LogP contribution in [-0.4, -0.2) is 39.6 Å². The Hall–Kier alpha value is -2.86. The summed E-state index contributed by atoms with van der Waals surface area (Å²) < 4.78 is 5.22. The molecule has 2 aliphatic carbocycles. The van der Waals surface area contributed by atoms with Crippen molar-refractivity contribution >= 4 is 11.6 Å². The third-order valence-corrected chi connectivity index (χ3v) is 5.84. The average Bonchev–Trinajstić information content (AvgIpc) is 2.68. The minimum atomic E-state index is -1.01. The second kappa shape index (κ2) is 5.82. The molecule has 2 aromatic carbocycles. The minimum absolute atomic E-state index is 0.0908. The quantitative estimate of drug-likeness (QED) is 0.601. The van der Waals surface area contributed by atoms with Crippen molar-refractivity contribution in [3.05, 3.63) is 51.6 Å². The first-order valence-corrected chi connectivity index (χ1v) is 8.91. The van der Waals surface area contributed by atoms with Crippen molar-refractivity contribution < 1.29 is 29.6 Å². The molecule has 27 heavy (non-hydrogen) atoms. The van der Waals surface area contributed by atoms with Crippen LogP contribution < -0.4 is 4.74 Å². The maximum Gasteiger partial charge on any atom is 0.202 e. The number of hydrogen-bond acceptors (Lipinski definition) is 6. The highest BCUT2D eigenvalue weighted by molar-refractivity contribution is 6.31. The van der Waals surface area contributed by atoms with Crippen LogP contribution in [0.4, 0.5) is 0 Å². The fourth-order valence-electron chi connectivity index (χ4n) is 4.19. The van der Waals surface area contributed by atoms with Crippen LogP contribution in [0.2, 0.25) is 0 Å². The van der Waals surface area contributed by atoms with Crippen LogP contribution in [-0.2, 0) is 12.8 Å². The number of rotatable bonds is 2. The highest BCUT2D eigenvalue weighted by Gasteiger charge is 2.42. The summed E-state index contributed by atoms with van der Waals surface area (Å²) in [6.45, 7) is 1.84. The molecule has 0 saturated heterocycles.